The minimum absolute atomic E-state index is 0.0616. The molecule has 42 heavy (non-hydrogen) atoms. The number of ketones is 1. The monoisotopic (exact) mass is 603 g/mol. The van der Waals surface area contributed by atoms with Crippen molar-refractivity contribution in [1.29, 1.82) is 5.26 Å². The van der Waals surface area contributed by atoms with E-state index in [9.17, 15) is 28.1 Å². The number of sulfone groups is 1. The summed E-state index contributed by atoms with van der Waals surface area (Å²) < 4.78 is 23.5. The van der Waals surface area contributed by atoms with E-state index < -0.39 is 21.4 Å². The first kappa shape index (κ1) is 29.5. The number of rotatable bonds is 9. The molecule has 5 rings (SSSR count). The summed E-state index contributed by atoms with van der Waals surface area (Å²) in [5.74, 6) is -0.211. The van der Waals surface area contributed by atoms with E-state index in [-0.39, 0.29) is 41.9 Å². The third-order valence-electron chi connectivity index (χ3n) is 7.89. The Balaban J connectivity index is 1.38. The zero-order valence-electron chi connectivity index (χ0n) is 23.6. The summed E-state index contributed by atoms with van der Waals surface area (Å²) >= 11 is 6.32. The van der Waals surface area contributed by atoms with Crippen molar-refractivity contribution >= 4 is 44.8 Å². The predicted octanol–water partition coefficient (Wildman–Crippen LogP) is 5.59. The van der Waals surface area contributed by atoms with E-state index in [1.165, 1.54) is 21.9 Å². The van der Waals surface area contributed by atoms with Gasteiger partial charge in [-0.1, -0.05) is 29.8 Å². The molecule has 0 bridgehead atoms. The van der Waals surface area contributed by atoms with Gasteiger partial charge in [0.25, 0.3) is 5.91 Å². The van der Waals surface area contributed by atoms with Crippen molar-refractivity contribution in [2.24, 2.45) is 0 Å². The molecule has 2 fully saturated rings. The van der Waals surface area contributed by atoms with Crippen LogP contribution in [0, 0.1) is 11.3 Å². The van der Waals surface area contributed by atoms with Gasteiger partial charge in [-0.05, 0) is 97.3 Å². The molecule has 1 aliphatic carbocycles. The molecular formula is C32H30ClN3O5S. The number of benzene rings is 3. The molecule has 1 saturated heterocycles. The van der Waals surface area contributed by atoms with Gasteiger partial charge in [0.2, 0.25) is 0 Å². The summed E-state index contributed by atoms with van der Waals surface area (Å²) in [7, 11) is -3.33. The Bertz CT molecular complexity index is 1760. The summed E-state index contributed by atoms with van der Waals surface area (Å²) in [6.45, 7) is 3.44. The average molecular weight is 604 g/mol. The van der Waals surface area contributed by atoms with Crippen molar-refractivity contribution in [1.82, 2.24) is 4.90 Å². The molecule has 1 aliphatic heterocycles. The third kappa shape index (κ3) is 5.83. The second-order valence-corrected chi connectivity index (χ2v) is 13.9. The maximum Gasteiger partial charge on any atom is 0.332 e. The molecule has 0 unspecified atom stereocenters. The lowest BCUT2D eigenvalue weighted by Crippen LogP contribution is -2.43. The first-order valence-corrected chi connectivity index (χ1v) is 15.8. The van der Waals surface area contributed by atoms with Gasteiger partial charge < -0.3 is 4.90 Å². The second kappa shape index (κ2) is 11.0. The fraction of sp³-hybridized carbons (Fsp3) is 0.312. The molecular weight excluding hydrogens is 574 g/mol. The van der Waals surface area contributed by atoms with E-state index in [4.69, 9.17) is 11.6 Å². The number of anilines is 1. The smallest absolute Gasteiger partial charge is 0.305 e. The molecule has 1 heterocycles. The first-order chi connectivity index (χ1) is 19.8. The molecule has 8 nitrogen and oxygen atoms in total. The molecule has 0 atom stereocenters. The molecule has 10 heteroatoms. The molecule has 0 N–H and O–H groups in total. The van der Waals surface area contributed by atoms with Crippen LogP contribution in [-0.4, -0.2) is 42.8 Å². The predicted molar refractivity (Wildman–Crippen MR) is 159 cm³/mol. The Morgan fingerprint density at radius 2 is 1.69 bits per heavy atom. The summed E-state index contributed by atoms with van der Waals surface area (Å²) in [6, 6.07) is 18.1. The maximum atomic E-state index is 13.8. The minimum Gasteiger partial charge on any atom is -0.305 e. The van der Waals surface area contributed by atoms with Crippen molar-refractivity contribution in [3.63, 3.8) is 0 Å². The molecule has 216 valence electrons. The third-order valence-corrected chi connectivity index (χ3v) is 9.26. The topological polar surface area (TPSA) is 116 Å². The molecule has 3 aromatic carbocycles. The van der Waals surface area contributed by atoms with Gasteiger partial charge in [0.15, 0.2) is 9.84 Å². The second-order valence-electron chi connectivity index (χ2n) is 11.4. The molecule has 1 saturated carbocycles. The quantitative estimate of drug-likeness (QED) is 0.294. The lowest BCUT2D eigenvalue weighted by Gasteiger charge is -2.28. The maximum absolute atomic E-state index is 13.8. The lowest BCUT2D eigenvalue weighted by atomic mass is 9.97. The van der Waals surface area contributed by atoms with E-state index in [0.29, 0.717) is 33.0 Å². The van der Waals surface area contributed by atoms with Crippen LogP contribution in [0.4, 0.5) is 10.5 Å². The molecule has 3 amide bonds. The first-order valence-electron chi connectivity index (χ1n) is 13.6. The van der Waals surface area contributed by atoms with Gasteiger partial charge in [-0.15, -0.1) is 0 Å². The highest BCUT2D eigenvalue weighted by molar-refractivity contribution is 7.90. The summed E-state index contributed by atoms with van der Waals surface area (Å²) in [5, 5.41) is 9.95. The van der Waals surface area contributed by atoms with Crippen LogP contribution in [0.2, 0.25) is 5.02 Å². The minimum atomic E-state index is -3.33. The fourth-order valence-electron chi connectivity index (χ4n) is 5.29. The number of nitriles is 1. The van der Waals surface area contributed by atoms with Crippen LogP contribution in [0.25, 0.3) is 0 Å². The Kier molecular flexibility index (Phi) is 7.73. The molecule has 2 aliphatic rings. The van der Waals surface area contributed by atoms with Crippen LogP contribution in [0.1, 0.15) is 60.4 Å². The standard InChI is InChI=1S/C32H30ClN3O5S/c1-32(2)30(38)36(26-11-9-23(18-34)29(17-26)21-6-7-21)31(39)35(32)19-24-15-25(33)10-8-22(24)16-27(37)14-20-4-12-28(13-5-20)42(3,40)41/h4-5,8-13,15,17,21H,6-7,14,16,19H2,1-3H3. The molecule has 0 aromatic heterocycles. The Morgan fingerprint density at radius 1 is 1.00 bits per heavy atom. The summed E-state index contributed by atoms with van der Waals surface area (Å²) in [6.07, 6.45) is 3.25. The van der Waals surface area contributed by atoms with Crippen molar-refractivity contribution in [3.8, 4) is 6.07 Å². The van der Waals surface area contributed by atoms with Gasteiger partial charge in [-0.25, -0.2) is 18.1 Å². The highest BCUT2D eigenvalue weighted by atomic mass is 35.5. The van der Waals surface area contributed by atoms with E-state index in [1.807, 2.05) is 0 Å². The Morgan fingerprint density at radius 3 is 2.31 bits per heavy atom. The highest BCUT2D eigenvalue weighted by Gasteiger charge is 2.52. The van der Waals surface area contributed by atoms with E-state index in [2.05, 4.69) is 6.07 Å². The zero-order valence-corrected chi connectivity index (χ0v) is 25.1. The van der Waals surface area contributed by atoms with Gasteiger partial charge in [-0.2, -0.15) is 5.26 Å². The number of nitrogens with zero attached hydrogens (tertiary/aromatic N) is 3. The summed E-state index contributed by atoms with van der Waals surface area (Å²) in [4.78, 5) is 43.2. The van der Waals surface area contributed by atoms with Crippen molar-refractivity contribution < 1.29 is 22.8 Å². The number of carbonyl (C=O) groups excluding carboxylic acids is 3. The molecule has 0 radical (unpaired) electrons. The number of imide groups is 1. The van der Waals surface area contributed by atoms with E-state index in [1.54, 1.807) is 62.4 Å². The number of urea groups is 1. The number of amides is 3. The van der Waals surface area contributed by atoms with Gasteiger partial charge in [0, 0.05) is 30.7 Å². The molecule has 0 spiro atoms. The van der Waals surface area contributed by atoms with E-state index >= 15 is 0 Å². The van der Waals surface area contributed by atoms with Crippen LogP contribution >= 0.6 is 11.6 Å². The van der Waals surface area contributed by atoms with Crippen LogP contribution in [0.3, 0.4) is 0 Å². The number of carbonyl (C=O) groups is 3. The zero-order chi connectivity index (χ0) is 30.4. The van der Waals surface area contributed by atoms with Crippen LogP contribution in [-0.2, 0) is 38.8 Å². The highest BCUT2D eigenvalue weighted by Crippen LogP contribution is 2.44. The Hall–Kier alpha value is -4.00. The van der Waals surface area contributed by atoms with E-state index in [0.717, 1.165) is 24.7 Å². The fourth-order valence-corrected chi connectivity index (χ4v) is 6.12. The van der Waals surface area contributed by atoms with Crippen molar-refractivity contribution in [2.45, 2.75) is 62.4 Å². The Labute approximate surface area is 250 Å². The van der Waals surface area contributed by atoms with Crippen LogP contribution in [0.15, 0.2) is 65.6 Å². The van der Waals surface area contributed by atoms with Gasteiger partial charge >= 0.3 is 6.03 Å². The molecule has 3 aromatic rings. The number of hydrogen-bond acceptors (Lipinski definition) is 6. The van der Waals surface area contributed by atoms with Crippen LogP contribution in [0.5, 0.6) is 0 Å². The average Bonchev–Trinajstić information content (AvgIpc) is 3.76. The number of hydrogen-bond donors (Lipinski definition) is 0. The lowest BCUT2D eigenvalue weighted by molar-refractivity contribution is -0.123. The number of Topliss-reactive ketones (excluding diaryl/α,β-unsaturated/α-hetero) is 1. The van der Waals surface area contributed by atoms with Crippen LogP contribution < -0.4 is 4.90 Å². The number of halogens is 1. The van der Waals surface area contributed by atoms with Gasteiger partial charge in [0.1, 0.15) is 11.3 Å². The largest absolute Gasteiger partial charge is 0.332 e. The normalized spacial score (nSPS) is 16.5. The van der Waals surface area contributed by atoms with Crippen molar-refractivity contribution in [3.05, 3.63) is 93.5 Å². The van der Waals surface area contributed by atoms with Crippen molar-refractivity contribution in [2.75, 3.05) is 11.2 Å². The summed E-state index contributed by atoms with van der Waals surface area (Å²) in [5.41, 5.74) is 2.69. The van der Waals surface area contributed by atoms with Gasteiger partial charge in [-0.3, -0.25) is 9.59 Å². The SMILES string of the molecule is CC1(C)C(=O)N(c2ccc(C#N)c(C3CC3)c2)C(=O)N1Cc1cc(Cl)ccc1CC(=O)Cc1ccc(S(C)(=O)=O)cc1. The van der Waals surface area contributed by atoms with Gasteiger partial charge in [0.05, 0.1) is 22.2 Å².